The minimum atomic E-state index is 0.579. The van der Waals surface area contributed by atoms with Crippen molar-refractivity contribution in [1.29, 1.82) is 0 Å². The molecule has 1 aliphatic heterocycles. The lowest BCUT2D eigenvalue weighted by atomic mass is 9.74. The largest absolute Gasteiger partial charge is 0.316 e. The van der Waals surface area contributed by atoms with E-state index >= 15 is 0 Å². The van der Waals surface area contributed by atoms with E-state index in [1.165, 1.54) is 51.6 Å². The second-order valence-electron chi connectivity index (χ2n) is 6.54. The highest BCUT2D eigenvalue weighted by Gasteiger charge is 2.33. The van der Waals surface area contributed by atoms with Gasteiger partial charge in [0.2, 0.25) is 0 Å². The van der Waals surface area contributed by atoms with E-state index in [0.717, 1.165) is 12.1 Å². The van der Waals surface area contributed by atoms with Gasteiger partial charge in [0.05, 0.1) is 0 Å². The maximum atomic E-state index is 3.45. The number of rotatable bonds is 2. The van der Waals surface area contributed by atoms with Gasteiger partial charge in [-0.3, -0.25) is 4.90 Å². The second kappa shape index (κ2) is 5.05. The molecular weight excluding hydrogens is 196 g/mol. The molecule has 2 rings (SSSR count). The van der Waals surface area contributed by atoms with E-state index in [1.54, 1.807) is 0 Å². The van der Waals surface area contributed by atoms with Crippen molar-refractivity contribution in [3.63, 3.8) is 0 Å². The Morgan fingerprint density at radius 1 is 1.19 bits per heavy atom. The SMILES string of the molecule is CNC1CCCN(C2CCCC(C)(C)C2)C1. The average molecular weight is 224 g/mol. The van der Waals surface area contributed by atoms with E-state index in [9.17, 15) is 0 Å². The van der Waals surface area contributed by atoms with Gasteiger partial charge in [0.15, 0.2) is 0 Å². The summed E-state index contributed by atoms with van der Waals surface area (Å²) in [4.78, 5) is 2.76. The van der Waals surface area contributed by atoms with Crippen molar-refractivity contribution in [2.75, 3.05) is 20.1 Å². The number of likely N-dealkylation sites (N-methyl/N-ethyl adjacent to an activating group) is 1. The van der Waals surface area contributed by atoms with E-state index in [2.05, 4.69) is 31.1 Å². The molecule has 2 nitrogen and oxygen atoms in total. The molecule has 0 aromatic carbocycles. The Balaban J connectivity index is 1.91. The summed E-state index contributed by atoms with van der Waals surface area (Å²) in [5.74, 6) is 0. The Hall–Kier alpha value is -0.0800. The molecule has 94 valence electrons. The van der Waals surface area contributed by atoms with E-state index in [-0.39, 0.29) is 0 Å². The fourth-order valence-electron chi connectivity index (χ4n) is 3.54. The maximum absolute atomic E-state index is 3.45. The first-order chi connectivity index (χ1) is 7.61. The highest BCUT2D eigenvalue weighted by Crippen LogP contribution is 2.37. The molecule has 0 radical (unpaired) electrons. The van der Waals surface area contributed by atoms with Gasteiger partial charge in [-0.1, -0.05) is 20.3 Å². The standard InChI is InChI=1S/C14H28N2/c1-14(2)8-4-7-13(10-14)16-9-5-6-12(11-16)15-3/h12-13,15H,4-11H2,1-3H3. The van der Waals surface area contributed by atoms with Crippen molar-refractivity contribution >= 4 is 0 Å². The lowest BCUT2D eigenvalue weighted by Gasteiger charge is -2.44. The summed E-state index contributed by atoms with van der Waals surface area (Å²) in [5.41, 5.74) is 0.579. The van der Waals surface area contributed by atoms with Crippen LogP contribution in [0, 0.1) is 5.41 Å². The van der Waals surface area contributed by atoms with Crippen molar-refractivity contribution in [3.05, 3.63) is 0 Å². The summed E-state index contributed by atoms with van der Waals surface area (Å²) in [7, 11) is 2.11. The first-order valence-corrected chi connectivity index (χ1v) is 7.02. The van der Waals surface area contributed by atoms with Crippen LogP contribution in [0.15, 0.2) is 0 Å². The van der Waals surface area contributed by atoms with Crippen LogP contribution < -0.4 is 5.32 Å². The van der Waals surface area contributed by atoms with Crippen molar-refractivity contribution in [2.45, 2.75) is 64.5 Å². The van der Waals surface area contributed by atoms with Gasteiger partial charge in [0.1, 0.15) is 0 Å². The zero-order chi connectivity index (χ0) is 11.6. The smallest absolute Gasteiger partial charge is 0.0192 e. The molecule has 1 heterocycles. The molecule has 0 bridgehead atoms. The van der Waals surface area contributed by atoms with Crippen molar-refractivity contribution in [2.24, 2.45) is 5.41 Å². The molecule has 2 aliphatic rings. The van der Waals surface area contributed by atoms with E-state index in [1.807, 2.05) is 0 Å². The van der Waals surface area contributed by atoms with E-state index in [0.29, 0.717) is 5.41 Å². The Bertz CT molecular complexity index is 225. The van der Waals surface area contributed by atoms with Crippen LogP contribution in [-0.2, 0) is 0 Å². The third kappa shape index (κ3) is 2.98. The zero-order valence-corrected chi connectivity index (χ0v) is 11.3. The maximum Gasteiger partial charge on any atom is 0.0192 e. The first kappa shape index (κ1) is 12.4. The monoisotopic (exact) mass is 224 g/mol. The Morgan fingerprint density at radius 2 is 2.00 bits per heavy atom. The molecule has 0 aromatic heterocycles. The Morgan fingerprint density at radius 3 is 2.69 bits per heavy atom. The number of hydrogen-bond acceptors (Lipinski definition) is 2. The number of piperidine rings is 1. The van der Waals surface area contributed by atoms with Gasteiger partial charge in [-0.05, 0) is 51.1 Å². The molecule has 0 aromatic rings. The van der Waals surface area contributed by atoms with Crippen molar-refractivity contribution < 1.29 is 0 Å². The van der Waals surface area contributed by atoms with Crippen LogP contribution >= 0.6 is 0 Å². The van der Waals surface area contributed by atoms with Crippen LogP contribution in [0.3, 0.4) is 0 Å². The highest BCUT2D eigenvalue weighted by atomic mass is 15.2. The minimum absolute atomic E-state index is 0.579. The van der Waals surface area contributed by atoms with Gasteiger partial charge in [-0.15, -0.1) is 0 Å². The van der Waals surface area contributed by atoms with Gasteiger partial charge < -0.3 is 5.32 Å². The lowest BCUT2D eigenvalue weighted by molar-refractivity contribution is 0.0687. The molecule has 2 heteroatoms. The van der Waals surface area contributed by atoms with Crippen LogP contribution in [0.2, 0.25) is 0 Å². The summed E-state index contributed by atoms with van der Waals surface area (Å²) < 4.78 is 0. The van der Waals surface area contributed by atoms with Gasteiger partial charge >= 0.3 is 0 Å². The molecule has 1 aliphatic carbocycles. The van der Waals surface area contributed by atoms with Crippen molar-refractivity contribution in [3.8, 4) is 0 Å². The normalized spacial score (nSPS) is 36.2. The molecule has 2 unspecified atom stereocenters. The van der Waals surface area contributed by atoms with E-state index in [4.69, 9.17) is 0 Å². The molecule has 2 atom stereocenters. The van der Waals surface area contributed by atoms with E-state index < -0.39 is 0 Å². The topological polar surface area (TPSA) is 15.3 Å². The predicted molar refractivity (Wildman–Crippen MR) is 69.7 cm³/mol. The number of hydrogen-bond donors (Lipinski definition) is 1. The number of nitrogens with one attached hydrogen (secondary N) is 1. The molecule has 0 spiro atoms. The summed E-state index contributed by atoms with van der Waals surface area (Å²) >= 11 is 0. The van der Waals surface area contributed by atoms with Crippen LogP contribution in [0.1, 0.15) is 52.4 Å². The van der Waals surface area contributed by atoms with Gasteiger partial charge in [0.25, 0.3) is 0 Å². The van der Waals surface area contributed by atoms with Crippen LogP contribution in [0.25, 0.3) is 0 Å². The number of likely N-dealkylation sites (tertiary alicyclic amines) is 1. The summed E-state index contributed by atoms with van der Waals surface area (Å²) in [6.45, 7) is 7.49. The fourth-order valence-corrected chi connectivity index (χ4v) is 3.54. The molecule has 2 fully saturated rings. The second-order valence-corrected chi connectivity index (χ2v) is 6.54. The molecular formula is C14H28N2. The summed E-state index contributed by atoms with van der Waals surface area (Å²) in [6.07, 6.45) is 8.43. The first-order valence-electron chi connectivity index (χ1n) is 7.02. The summed E-state index contributed by atoms with van der Waals surface area (Å²) in [5, 5.41) is 3.45. The fraction of sp³-hybridized carbons (Fsp3) is 1.00. The van der Waals surface area contributed by atoms with Crippen LogP contribution in [0.5, 0.6) is 0 Å². The summed E-state index contributed by atoms with van der Waals surface area (Å²) in [6, 6.07) is 1.60. The Labute approximate surface area is 101 Å². The quantitative estimate of drug-likeness (QED) is 0.776. The molecule has 1 N–H and O–H groups in total. The lowest BCUT2D eigenvalue weighted by Crippen LogP contribution is -2.50. The predicted octanol–water partition coefficient (Wildman–Crippen LogP) is 2.64. The zero-order valence-electron chi connectivity index (χ0n) is 11.3. The third-order valence-electron chi connectivity index (χ3n) is 4.56. The molecule has 0 amide bonds. The molecule has 1 saturated carbocycles. The molecule has 1 saturated heterocycles. The average Bonchev–Trinajstić information content (AvgIpc) is 2.28. The minimum Gasteiger partial charge on any atom is -0.316 e. The number of nitrogens with zero attached hydrogens (tertiary/aromatic N) is 1. The van der Waals surface area contributed by atoms with Gasteiger partial charge in [0, 0.05) is 18.6 Å². The third-order valence-corrected chi connectivity index (χ3v) is 4.56. The van der Waals surface area contributed by atoms with Gasteiger partial charge in [-0.25, -0.2) is 0 Å². The Kier molecular flexibility index (Phi) is 3.91. The van der Waals surface area contributed by atoms with Gasteiger partial charge in [-0.2, -0.15) is 0 Å². The van der Waals surface area contributed by atoms with Crippen molar-refractivity contribution in [1.82, 2.24) is 10.2 Å². The van der Waals surface area contributed by atoms with Crippen LogP contribution in [-0.4, -0.2) is 37.1 Å². The molecule has 16 heavy (non-hydrogen) atoms. The van der Waals surface area contributed by atoms with Crippen LogP contribution in [0.4, 0.5) is 0 Å². The highest BCUT2D eigenvalue weighted by molar-refractivity contribution is 4.88.